The van der Waals surface area contributed by atoms with Crippen LogP contribution in [0.1, 0.15) is 41.5 Å². The van der Waals surface area contributed by atoms with Gasteiger partial charge in [-0.25, -0.2) is 0 Å². The molecule has 3 aromatic carbocycles. The van der Waals surface area contributed by atoms with Gasteiger partial charge in [0.25, 0.3) is 8.32 Å². The van der Waals surface area contributed by atoms with Crippen molar-refractivity contribution in [3.05, 3.63) is 60.7 Å². The van der Waals surface area contributed by atoms with Crippen molar-refractivity contribution in [2.75, 3.05) is 6.26 Å². The van der Waals surface area contributed by atoms with E-state index in [9.17, 15) is 0 Å². The number of hydrogen-bond donors (Lipinski definition) is 0. The molecule has 0 saturated heterocycles. The number of benzene rings is 3. The Kier molecular flexibility index (Phi) is 6.46. The molecule has 0 bridgehead atoms. The third kappa shape index (κ3) is 3.78. The van der Waals surface area contributed by atoms with Crippen molar-refractivity contribution in [1.29, 1.82) is 0 Å². The van der Waals surface area contributed by atoms with Crippen LogP contribution in [0.3, 0.4) is 0 Å². The maximum atomic E-state index is 6.96. The third-order valence-corrected chi connectivity index (χ3v) is 13.5. The fraction of sp³-hybridized carbons (Fsp3) is 0.357. The Morgan fingerprint density at radius 2 is 1.47 bits per heavy atom. The van der Waals surface area contributed by atoms with Gasteiger partial charge in [-0.2, -0.15) is 0 Å². The summed E-state index contributed by atoms with van der Waals surface area (Å²) >= 11 is 1.66. The monoisotopic (exact) mass is 462 g/mol. The molecular weight excluding hydrogens is 428 g/mol. The molecule has 0 aliphatic carbocycles. The molecule has 4 rings (SSSR count). The van der Waals surface area contributed by atoms with E-state index in [2.05, 4.69) is 108 Å². The molecule has 1 aromatic heterocycles. The van der Waals surface area contributed by atoms with Gasteiger partial charge in [-0.3, -0.25) is 0 Å². The van der Waals surface area contributed by atoms with Crippen molar-refractivity contribution in [1.82, 2.24) is 0 Å². The Labute approximate surface area is 197 Å². The second-order valence-corrected chi connectivity index (χ2v) is 15.7. The van der Waals surface area contributed by atoms with E-state index in [1.807, 2.05) is 0 Å². The highest BCUT2D eigenvalue weighted by Gasteiger charge is 2.47. The van der Waals surface area contributed by atoms with Crippen molar-refractivity contribution in [2.24, 2.45) is 0 Å². The van der Waals surface area contributed by atoms with Crippen molar-refractivity contribution < 1.29 is 8.84 Å². The maximum Gasteiger partial charge on any atom is 0.258 e. The van der Waals surface area contributed by atoms with Crippen LogP contribution < -0.4 is 4.43 Å². The van der Waals surface area contributed by atoms with Gasteiger partial charge in [-0.05, 0) is 63.5 Å². The SMILES string of the molecule is CSc1oc2ccc3cc(O[Si](C(C)C)(C(C)C)C(C)C)ccc3c2c1-c1ccccc1. The number of furan rings is 1. The van der Waals surface area contributed by atoms with E-state index in [0.717, 1.165) is 16.4 Å². The highest BCUT2D eigenvalue weighted by atomic mass is 32.2. The molecule has 0 spiro atoms. The highest BCUT2D eigenvalue weighted by Crippen LogP contribution is 2.45. The van der Waals surface area contributed by atoms with Gasteiger partial charge < -0.3 is 8.84 Å². The van der Waals surface area contributed by atoms with Crippen LogP contribution in [0.15, 0.2) is 70.2 Å². The first-order valence-electron chi connectivity index (χ1n) is 11.6. The van der Waals surface area contributed by atoms with E-state index in [-0.39, 0.29) is 0 Å². The van der Waals surface area contributed by atoms with Gasteiger partial charge in [0.05, 0.1) is 0 Å². The molecule has 0 N–H and O–H groups in total. The largest absolute Gasteiger partial charge is 0.543 e. The van der Waals surface area contributed by atoms with Crippen LogP contribution >= 0.6 is 11.8 Å². The van der Waals surface area contributed by atoms with E-state index in [0.29, 0.717) is 16.6 Å². The molecule has 2 nitrogen and oxygen atoms in total. The highest BCUT2D eigenvalue weighted by molar-refractivity contribution is 7.98. The van der Waals surface area contributed by atoms with Gasteiger partial charge in [0, 0.05) is 10.9 Å². The summed E-state index contributed by atoms with van der Waals surface area (Å²) in [6.45, 7) is 14.0. The minimum absolute atomic E-state index is 0.545. The van der Waals surface area contributed by atoms with Gasteiger partial charge in [0.15, 0.2) is 5.09 Å². The summed E-state index contributed by atoms with van der Waals surface area (Å²) in [4.78, 5) is 0. The molecular formula is C28H34O2SSi. The topological polar surface area (TPSA) is 22.4 Å². The first-order chi connectivity index (χ1) is 15.3. The van der Waals surface area contributed by atoms with Crippen LogP contribution in [0.2, 0.25) is 16.6 Å². The van der Waals surface area contributed by atoms with Crippen molar-refractivity contribution >= 4 is 41.8 Å². The van der Waals surface area contributed by atoms with E-state index in [4.69, 9.17) is 8.84 Å². The summed E-state index contributed by atoms with van der Waals surface area (Å²) in [5.74, 6) is 0.995. The van der Waals surface area contributed by atoms with Crippen molar-refractivity contribution in [3.8, 4) is 16.9 Å². The van der Waals surface area contributed by atoms with E-state index in [1.54, 1.807) is 11.8 Å². The zero-order chi connectivity index (χ0) is 23.0. The second kappa shape index (κ2) is 8.99. The summed E-state index contributed by atoms with van der Waals surface area (Å²) in [7, 11) is -2.00. The molecule has 4 aromatic rings. The normalized spacial score (nSPS) is 12.6. The smallest absolute Gasteiger partial charge is 0.258 e. The number of hydrogen-bond acceptors (Lipinski definition) is 3. The maximum absolute atomic E-state index is 6.96. The van der Waals surface area contributed by atoms with Crippen molar-refractivity contribution in [3.63, 3.8) is 0 Å². The average molecular weight is 463 g/mol. The molecule has 0 aliphatic heterocycles. The van der Waals surface area contributed by atoms with E-state index < -0.39 is 8.32 Å². The van der Waals surface area contributed by atoms with E-state index >= 15 is 0 Å². The lowest BCUT2D eigenvalue weighted by Crippen LogP contribution is -2.50. The molecule has 4 heteroatoms. The summed E-state index contributed by atoms with van der Waals surface area (Å²) in [6, 6.07) is 21.4. The summed E-state index contributed by atoms with van der Waals surface area (Å²) in [5, 5.41) is 4.55. The molecule has 0 saturated carbocycles. The first-order valence-corrected chi connectivity index (χ1v) is 14.9. The molecule has 1 heterocycles. The van der Waals surface area contributed by atoms with Gasteiger partial charge in [-0.15, -0.1) is 0 Å². The van der Waals surface area contributed by atoms with Gasteiger partial charge >= 0.3 is 0 Å². The Balaban J connectivity index is 1.89. The molecule has 0 radical (unpaired) electrons. The molecule has 0 unspecified atom stereocenters. The Bertz CT molecular complexity index is 1200. The second-order valence-electron chi connectivity index (χ2n) is 9.58. The standard InChI is InChI=1S/C28H34O2SSi/c1-18(2)32(19(3)4,20(5)6)30-23-14-15-24-22(17-23)13-16-25-27(24)26(28(29-25)31-7)21-11-9-8-10-12-21/h8-20H,1-7H3. The first kappa shape index (κ1) is 23.0. The van der Waals surface area contributed by atoms with Crippen LogP contribution in [-0.2, 0) is 0 Å². The third-order valence-electron chi connectivity index (χ3n) is 6.86. The molecule has 168 valence electrons. The Morgan fingerprint density at radius 1 is 0.812 bits per heavy atom. The number of thioether (sulfide) groups is 1. The number of fused-ring (bicyclic) bond motifs is 3. The predicted molar refractivity (Wildman–Crippen MR) is 143 cm³/mol. The zero-order valence-corrected chi connectivity index (χ0v) is 22.0. The lowest BCUT2D eigenvalue weighted by atomic mass is 9.99. The minimum atomic E-state index is -2.00. The van der Waals surface area contributed by atoms with Crippen LogP contribution in [0, 0.1) is 0 Å². The summed E-state index contributed by atoms with van der Waals surface area (Å²) in [6.07, 6.45) is 2.08. The lowest BCUT2D eigenvalue weighted by molar-refractivity contribution is 0.480. The molecule has 32 heavy (non-hydrogen) atoms. The molecule has 0 amide bonds. The van der Waals surface area contributed by atoms with Crippen LogP contribution in [0.5, 0.6) is 5.75 Å². The Hall–Kier alpha value is -2.17. The summed E-state index contributed by atoms with van der Waals surface area (Å²) < 4.78 is 13.2. The molecule has 0 atom stereocenters. The zero-order valence-electron chi connectivity index (χ0n) is 20.2. The van der Waals surface area contributed by atoms with Gasteiger partial charge in [0.2, 0.25) is 0 Å². The quantitative estimate of drug-likeness (QED) is 0.202. The van der Waals surface area contributed by atoms with Crippen LogP contribution in [0.25, 0.3) is 32.9 Å². The van der Waals surface area contributed by atoms with Gasteiger partial charge in [-0.1, -0.05) is 89.7 Å². The predicted octanol–water partition coefficient (Wildman–Crippen LogP) is 9.53. The molecule has 0 aliphatic rings. The van der Waals surface area contributed by atoms with Crippen LogP contribution in [0.4, 0.5) is 0 Å². The van der Waals surface area contributed by atoms with Crippen molar-refractivity contribution in [2.45, 2.75) is 63.3 Å². The van der Waals surface area contributed by atoms with Crippen LogP contribution in [-0.4, -0.2) is 14.6 Å². The van der Waals surface area contributed by atoms with E-state index in [1.165, 1.54) is 27.3 Å². The summed E-state index contributed by atoms with van der Waals surface area (Å²) in [5.41, 5.74) is 4.94. The minimum Gasteiger partial charge on any atom is -0.543 e. The average Bonchev–Trinajstić information content (AvgIpc) is 3.16. The Morgan fingerprint density at radius 3 is 2.06 bits per heavy atom. The van der Waals surface area contributed by atoms with Gasteiger partial charge in [0.1, 0.15) is 11.3 Å². The molecule has 0 fully saturated rings. The fourth-order valence-corrected chi connectivity index (χ4v) is 11.4. The number of rotatable bonds is 7. The fourth-order valence-electron chi connectivity index (χ4n) is 5.52. The lowest BCUT2D eigenvalue weighted by Gasteiger charge is -2.42.